The van der Waals surface area contributed by atoms with Gasteiger partial charge >= 0.3 is 5.76 Å². The van der Waals surface area contributed by atoms with Gasteiger partial charge in [0.2, 0.25) is 0 Å². The first-order valence-electron chi connectivity index (χ1n) is 7.96. The molecule has 0 spiro atoms. The summed E-state index contributed by atoms with van der Waals surface area (Å²) in [6.07, 6.45) is 3.38. The second-order valence-corrected chi connectivity index (χ2v) is 5.91. The first kappa shape index (κ1) is 15.3. The predicted molar refractivity (Wildman–Crippen MR) is 89.4 cm³/mol. The second kappa shape index (κ2) is 5.97. The number of oxazole rings is 1. The van der Waals surface area contributed by atoms with Crippen LogP contribution in [-0.2, 0) is 0 Å². The first-order valence-corrected chi connectivity index (χ1v) is 7.96. The fourth-order valence-corrected chi connectivity index (χ4v) is 3.01. The van der Waals surface area contributed by atoms with Gasteiger partial charge in [-0.05, 0) is 24.3 Å². The molecule has 1 aromatic carbocycles. The highest BCUT2D eigenvalue weighted by Gasteiger charge is 2.26. The van der Waals surface area contributed by atoms with E-state index < -0.39 is 5.76 Å². The number of piperazine rings is 1. The number of hydrogen-bond donors (Lipinski definition) is 2. The van der Waals surface area contributed by atoms with Crippen molar-refractivity contribution in [2.24, 2.45) is 0 Å². The van der Waals surface area contributed by atoms with E-state index in [0.29, 0.717) is 48.4 Å². The van der Waals surface area contributed by atoms with Gasteiger partial charge in [-0.15, -0.1) is 0 Å². The number of nitrogens with one attached hydrogen (secondary N) is 2. The van der Waals surface area contributed by atoms with Crippen molar-refractivity contribution in [1.29, 1.82) is 0 Å². The van der Waals surface area contributed by atoms with Crippen LogP contribution in [0.5, 0.6) is 0 Å². The molecule has 3 heterocycles. The van der Waals surface area contributed by atoms with Crippen LogP contribution in [0, 0.1) is 0 Å². The average Bonchev–Trinajstić information content (AvgIpc) is 3.28. The van der Waals surface area contributed by atoms with Crippen LogP contribution in [-0.4, -0.2) is 57.8 Å². The molecule has 2 aromatic heterocycles. The lowest BCUT2D eigenvalue weighted by atomic mass is 10.1. The van der Waals surface area contributed by atoms with Crippen LogP contribution in [0.3, 0.4) is 0 Å². The smallest absolute Gasteiger partial charge is 0.408 e. The maximum atomic E-state index is 12.6. The molecule has 25 heavy (non-hydrogen) atoms. The number of hydrogen-bond acceptors (Lipinski definition) is 4. The summed E-state index contributed by atoms with van der Waals surface area (Å²) in [4.78, 5) is 45.0. The van der Waals surface area contributed by atoms with E-state index in [1.165, 1.54) is 0 Å². The average molecular weight is 340 g/mol. The molecule has 1 aliphatic heterocycles. The van der Waals surface area contributed by atoms with Gasteiger partial charge in [-0.1, -0.05) is 0 Å². The third-order valence-corrected chi connectivity index (χ3v) is 4.37. The Morgan fingerprint density at radius 2 is 1.64 bits per heavy atom. The van der Waals surface area contributed by atoms with E-state index in [2.05, 4.69) is 9.97 Å². The third kappa shape index (κ3) is 2.82. The highest BCUT2D eigenvalue weighted by molar-refractivity contribution is 5.97. The fourth-order valence-electron chi connectivity index (χ4n) is 3.01. The molecule has 0 atom stereocenters. The van der Waals surface area contributed by atoms with Crippen molar-refractivity contribution in [3.8, 4) is 0 Å². The SMILES string of the molecule is O=C(c1cc[nH]c1)N1CCN(C(=O)c2ccc3[nH]c(=O)oc3c2)CC1. The monoisotopic (exact) mass is 340 g/mol. The molecule has 1 fully saturated rings. The van der Waals surface area contributed by atoms with Crippen LogP contribution in [0.15, 0.2) is 45.9 Å². The molecule has 4 rings (SSSR count). The zero-order valence-corrected chi connectivity index (χ0v) is 13.3. The van der Waals surface area contributed by atoms with E-state index in [4.69, 9.17) is 4.42 Å². The molecule has 1 saturated heterocycles. The number of H-pyrrole nitrogens is 2. The first-order chi connectivity index (χ1) is 12.1. The van der Waals surface area contributed by atoms with Crippen LogP contribution in [0.4, 0.5) is 0 Å². The molecule has 1 aliphatic rings. The Kier molecular flexibility index (Phi) is 3.64. The van der Waals surface area contributed by atoms with Gasteiger partial charge in [0.25, 0.3) is 11.8 Å². The highest BCUT2D eigenvalue weighted by Crippen LogP contribution is 2.16. The van der Waals surface area contributed by atoms with Gasteiger partial charge in [0.1, 0.15) is 0 Å². The molecule has 128 valence electrons. The zero-order valence-electron chi connectivity index (χ0n) is 13.3. The van der Waals surface area contributed by atoms with E-state index in [1.54, 1.807) is 46.5 Å². The van der Waals surface area contributed by atoms with Crippen molar-refractivity contribution in [2.75, 3.05) is 26.2 Å². The maximum Gasteiger partial charge on any atom is 0.417 e. The quantitative estimate of drug-likeness (QED) is 0.728. The minimum absolute atomic E-state index is 0.0381. The van der Waals surface area contributed by atoms with Crippen LogP contribution >= 0.6 is 0 Å². The van der Waals surface area contributed by atoms with Gasteiger partial charge in [-0.25, -0.2) is 4.79 Å². The number of carbonyl (C=O) groups excluding carboxylic acids is 2. The molecular formula is C17H16N4O4. The Balaban J connectivity index is 1.45. The minimum Gasteiger partial charge on any atom is -0.408 e. The van der Waals surface area contributed by atoms with E-state index >= 15 is 0 Å². The zero-order chi connectivity index (χ0) is 17.4. The van der Waals surface area contributed by atoms with Crippen molar-refractivity contribution in [2.45, 2.75) is 0 Å². The molecule has 8 nitrogen and oxygen atoms in total. The normalized spacial score (nSPS) is 14.9. The minimum atomic E-state index is -0.545. The van der Waals surface area contributed by atoms with Gasteiger partial charge < -0.3 is 19.2 Å². The molecule has 0 unspecified atom stereocenters. The molecule has 3 aromatic rings. The molecule has 0 radical (unpaired) electrons. The van der Waals surface area contributed by atoms with Crippen molar-refractivity contribution < 1.29 is 14.0 Å². The van der Waals surface area contributed by atoms with Crippen LogP contribution < -0.4 is 5.76 Å². The number of aromatic nitrogens is 2. The topological polar surface area (TPSA) is 102 Å². The Hall–Kier alpha value is -3.29. The number of fused-ring (bicyclic) bond motifs is 1. The molecule has 0 aliphatic carbocycles. The standard InChI is InChI=1S/C17H16N4O4/c22-15(11-1-2-13-14(9-11)25-17(24)19-13)20-5-7-21(8-6-20)16(23)12-3-4-18-10-12/h1-4,9-10,18H,5-8H2,(H,19,24). The predicted octanol–water partition coefficient (Wildman–Crippen LogP) is 1.05. The number of nitrogens with zero attached hydrogens (tertiary/aromatic N) is 2. The van der Waals surface area contributed by atoms with Crippen LogP contribution in [0.1, 0.15) is 20.7 Å². The molecule has 2 amide bonds. The summed E-state index contributed by atoms with van der Waals surface area (Å²) in [5.74, 6) is -0.722. The number of amides is 2. The van der Waals surface area contributed by atoms with E-state index in [-0.39, 0.29) is 11.8 Å². The van der Waals surface area contributed by atoms with Crippen molar-refractivity contribution >= 4 is 22.9 Å². The lowest BCUT2D eigenvalue weighted by Crippen LogP contribution is -2.50. The summed E-state index contributed by atoms with van der Waals surface area (Å²) in [6, 6.07) is 6.61. The third-order valence-electron chi connectivity index (χ3n) is 4.37. The number of carbonyl (C=O) groups is 2. The highest BCUT2D eigenvalue weighted by atomic mass is 16.4. The van der Waals surface area contributed by atoms with Crippen LogP contribution in [0.2, 0.25) is 0 Å². The molecule has 0 saturated carbocycles. The largest absolute Gasteiger partial charge is 0.417 e. The summed E-state index contributed by atoms with van der Waals surface area (Å²) in [5.41, 5.74) is 1.99. The van der Waals surface area contributed by atoms with E-state index in [9.17, 15) is 14.4 Å². The van der Waals surface area contributed by atoms with Crippen molar-refractivity contribution in [3.05, 3.63) is 58.3 Å². The van der Waals surface area contributed by atoms with Gasteiger partial charge in [-0.3, -0.25) is 14.6 Å². The maximum absolute atomic E-state index is 12.6. The van der Waals surface area contributed by atoms with Crippen molar-refractivity contribution in [1.82, 2.24) is 19.8 Å². The van der Waals surface area contributed by atoms with Crippen LogP contribution in [0.25, 0.3) is 11.1 Å². The Labute approximate surface area is 142 Å². The number of benzene rings is 1. The summed E-state index contributed by atoms with van der Waals surface area (Å²) in [6.45, 7) is 1.89. The van der Waals surface area contributed by atoms with E-state index in [0.717, 1.165) is 0 Å². The van der Waals surface area contributed by atoms with Gasteiger partial charge in [0.15, 0.2) is 5.58 Å². The lowest BCUT2D eigenvalue weighted by molar-refractivity contribution is 0.0535. The number of aromatic amines is 2. The molecule has 0 bridgehead atoms. The van der Waals surface area contributed by atoms with E-state index in [1.807, 2.05) is 0 Å². The van der Waals surface area contributed by atoms with Gasteiger partial charge in [-0.2, -0.15) is 0 Å². The molecule has 2 N–H and O–H groups in total. The summed E-state index contributed by atoms with van der Waals surface area (Å²) in [7, 11) is 0. The van der Waals surface area contributed by atoms with Gasteiger partial charge in [0.05, 0.1) is 11.1 Å². The fraction of sp³-hybridized carbons (Fsp3) is 0.235. The summed E-state index contributed by atoms with van der Waals surface area (Å²) < 4.78 is 5.00. The lowest BCUT2D eigenvalue weighted by Gasteiger charge is -2.34. The summed E-state index contributed by atoms with van der Waals surface area (Å²) >= 11 is 0. The Morgan fingerprint density at radius 1 is 0.960 bits per heavy atom. The van der Waals surface area contributed by atoms with Gasteiger partial charge in [0, 0.05) is 44.1 Å². The Morgan fingerprint density at radius 3 is 2.28 bits per heavy atom. The van der Waals surface area contributed by atoms with Crippen molar-refractivity contribution in [3.63, 3.8) is 0 Å². The molecule has 8 heteroatoms. The summed E-state index contributed by atoms with van der Waals surface area (Å²) in [5, 5.41) is 0. The second-order valence-electron chi connectivity index (χ2n) is 5.91. The number of rotatable bonds is 2. The Bertz CT molecular complexity index is 978. The molecular weight excluding hydrogens is 324 g/mol.